The van der Waals surface area contributed by atoms with Gasteiger partial charge in [0, 0.05) is 41.6 Å². The van der Waals surface area contributed by atoms with E-state index in [4.69, 9.17) is 16.3 Å². The van der Waals surface area contributed by atoms with Crippen molar-refractivity contribution in [3.8, 4) is 5.75 Å². The summed E-state index contributed by atoms with van der Waals surface area (Å²) in [4.78, 5) is 12.0. The largest absolute Gasteiger partial charge is 0.482 e. The molecule has 1 aliphatic rings. The van der Waals surface area contributed by atoms with Gasteiger partial charge in [0.1, 0.15) is 5.75 Å². The molecular weight excluding hydrogens is 388 g/mol. The molecule has 0 saturated carbocycles. The zero-order chi connectivity index (χ0) is 16.9. The molecule has 0 spiro atoms. The molecule has 0 radical (unpaired) electrons. The zero-order valence-electron chi connectivity index (χ0n) is 12.5. The molecule has 0 aromatic heterocycles. The Morgan fingerprint density at radius 1 is 1.46 bits per heavy atom. The Hall–Kier alpha value is -0.830. The lowest BCUT2D eigenvalue weighted by Gasteiger charge is -2.22. The van der Waals surface area contributed by atoms with Gasteiger partial charge in [-0.25, -0.2) is 0 Å². The van der Waals surface area contributed by atoms with E-state index >= 15 is 0 Å². The van der Waals surface area contributed by atoms with Gasteiger partial charge in [0.2, 0.25) is 5.91 Å². The highest BCUT2D eigenvalue weighted by molar-refractivity contribution is 7.99. The molecule has 1 saturated heterocycles. The molecule has 10 heteroatoms. The maximum Gasteiger partial charge on any atom is 0.422 e. The summed E-state index contributed by atoms with van der Waals surface area (Å²) in [5, 5.41) is 6.03. The van der Waals surface area contributed by atoms with Gasteiger partial charge in [-0.15, -0.1) is 12.4 Å². The third-order valence-corrected chi connectivity index (χ3v) is 4.41. The number of anilines is 1. The standard InChI is InChI=1S/C14H16ClF3N2O2S.ClH/c15-9-1-2-11(12(5-9)22-8-14(16,17)18)20-13(21)6-10-7-23-4-3-19-10;/h1-2,5,10,19H,3-4,6-8H2,(H,20,21);1H. The Morgan fingerprint density at radius 2 is 2.21 bits per heavy atom. The van der Waals surface area contributed by atoms with Gasteiger partial charge in [0.15, 0.2) is 6.61 Å². The minimum atomic E-state index is -4.47. The molecule has 2 N–H and O–H groups in total. The second-order valence-corrected chi connectivity index (χ2v) is 6.61. The molecular formula is C14H17Cl2F3N2O2S. The van der Waals surface area contributed by atoms with Crippen LogP contribution in [0.3, 0.4) is 0 Å². The van der Waals surface area contributed by atoms with Crippen molar-refractivity contribution < 1.29 is 22.7 Å². The molecule has 1 fully saturated rings. The quantitative estimate of drug-likeness (QED) is 0.784. The summed E-state index contributed by atoms with van der Waals surface area (Å²) < 4.78 is 41.6. The SMILES string of the molecule is Cl.O=C(CC1CSCCN1)Nc1ccc(Cl)cc1OCC(F)(F)F. The number of benzene rings is 1. The molecule has 1 aromatic rings. The first-order valence-corrected chi connectivity index (χ1v) is 8.47. The number of carbonyl (C=O) groups excluding carboxylic acids is 1. The third kappa shape index (κ3) is 7.38. The fourth-order valence-corrected chi connectivity index (χ4v) is 3.17. The summed E-state index contributed by atoms with van der Waals surface area (Å²) in [6.45, 7) is -0.611. The van der Waals surface area contributed by atoms with Gasteiger partial charge in [-0.2, -0.15) is 24.9 Å². The molecule has 0 aliphatic carbocycles. The maximum atomic E-state index is 12.3. The van der Waals surface area contributed by atoms with Crippen molar-refractivity contribution in [2.24, 2.45) is 0 Å². The van der Waals surface area contributed by atoms with E-state index in [1.165, 1.54) is 18.2 Å². The van der Waals surface area contributed by atoms with Crippen molar-refractivity contribution in [3.05, 3.63) is 23.2 Å². The number of halogens is 5. The predicted octanol–water partition coefficient (Wildman–Crippen LogP) is 3.74. The van der Waals surface area contributed by atoms with Crippen molar-refractivity contribution in [1.29, 1.82) is 0 Å². The van der Waals surface area contributed by atoms with Crippen molar-refractivity contribution >= 4 is 47.4 Å². The Kier molecular flexibility index (Phi) is 8.49. The normalized spacial score (nSPS) is 17.8. The Balaban J connectivity index is 0.00000288. The lowest BCUT2D eigenvalue weighted by molar-refractivity contribution is -0.153. The second-order valence-electron chi connectivity index (χ2n) is 5.02. The van der Waals surface area contributed by atoms with Crippen LogP contribution in [0.2, 0.25) is 5.02 Å². The first kappa shape index (κ1) is 21.2. The van der Waals surface area contributed by atoms with Crippen LogP contribution >= 0.6 is 35.8 Å². The highest BCUT2D eigenvalue weighted by atomic mass is 35.5. The minimum Gasteiger partial charge on any atom is -0.482 e. The lowest BCUT2D eigenvalue weighted by atomic mass is 10.2. The van der Waals surface area contributed by atoms with Crippen LogP contribution in [0, 0.1) is 0 Å². The van der Waals surface area contributed by atoms with Gasteiger partial charge in [-0.3, -0.25) is 4.79 Å². The molecule has 0 bridgehead atoms. The number of hydrogen-bond donors (Lipinski definition) is 2. The molecule has 4 nitrogen and oxygen atoms in total. The molecule has 2 rings (SSSR count). The van der Waals surface area contributed by atoms with Gasteiger partial charge < -0.3 is 15.4 Å². The fraction of sp³-hybridized carbons (Fsp3) is 0.500. The molecule has 136 valence electrons. The van der Waals surface area contributed by atoms with Crippen molar-refractivity contribution in [2.75, 3.05) is 30.0 Å². The van der Waals surface area contributed by atoms with Crippen molar-refractivity contribution in [2.45, 2.75) is 18.6 Å². The number of carbonyl (C=O) groups is 1. The maximum absolute atomic E-state index is 12.3. The highest BCUT2D eigenvalue weighted by Gasteiger charge is 2.29. The van der Waals surface area contributed by atoms with Gasteiger partial charge in [0.25, 0.3) is 0 Å². The molecule has 24 heavy (non-hydrogen) atoms. The van der Waals surface area contributed by atoms with E-state index in [9.17, 15) is 18.0 Å². The average molecular weight is 405 g/mol. The van der Waals surface area contributed by atoms with E-state index < -0.39 is 12.8 Å². The number of rotatable bonds is 5. The molecule has 1 aliphatic heterocycles. The van der Waals surface area contributed by atoms with Crippen LogP contribution in [0.4, 0.5) is 18.9 Å². The predicted molar refractivity (Wildman–Crippen MR) is 92.6 cm³/mol. The molecule has 1 amide bonds. The monoisotopic (exact) mass is 404 g/mol. The van der Waals surface area contributed by atoms with E-state index in [-0.39, 0.29) is 47.2 Å². The van der Waals surface area contributed by atoms with E-state index in [0.717, 1.165) is 18.1 Å². The molecule has 1 unspecified atom stereocenters. The zero-order valence-corrected chi connectivity index (χ0v) is 14.9. The summed E-state index contributed by atoms with van der Waals surface area (Å²) >= 11 is 7.53. The summed E-state index contributed by atoms with van der Waals surface area (Å²) in [7, 11) is 0. The number of ether oxygens (including phenoxy) is 1. The van der Waals surface area contributed by atoms with Crippen molar-refractivity contribution in [3.63, 3.8) is 0 Å². The second kappa shape index (κ2) is 9.60. The summed E-state index contributed by atoms with van der Waals surface area (Å²) in [5.74, 6) is 1.44. The highest BCUT2D eigenvalue weighted by Crippen LogP contribution is 2.30. The van der Waals surface area contributed by atoms with Crippen molar-refractivity contribution in [1.82, 2.24) is 5.32 Å². The van der Waals surface area contributed by atoms with Crippen LogP contribution < -0.4 is 15.4 Å². The van der Waals surface area contributed by atoms with E-state index in [1.807, 2.05) is 0 Å². The number of nitrogens with one attached hydrogen (secondary N) is 2. The van der Waals surface area contributed by atoms with Gasteiger partial charge >= 0.3 is 6.18 Å². The Labute approximate surface area is 153 Å². The van der Waals surface area contributed by atoms with Crippen LogP contribution in [0.15, 0.2) is 18.2 Å². The van der Waals surface area contributed by atoms with Gasteiger partial charge in [-0.05, 0) is 12.1 Å². The number of alkyl halides is 3. The van der Waals surface area contributed by atoms with Gasteiger partial charge in [0.05, 0.1) is 5.69 Å². The summed E-state index contributed by atoms with van der Waals surface area (Å²) in [6.07, 6.45) is -4.22. The van der Waals surface area contributed by atoms with Crippen LogP contribution in [0.25, 0.3) is 0 Å². The van der Waals surface area contributed by atoms with Crippen LogP contribution in [-0.2, 0) is 4.79 Å². The number of amides is 1. The lowest BCUT2D eigenvalue weighted by Crippen LogP contribution is -2.39. The molecule has 1 aromatic carbocycles. The van der Waals surface area contributed by atoms with E-state index in [1.54, 1.807) is 11.8 Å². The van der Waals surface area contributed by atoms with E-state index in [2.05, 4.69) is 10.6 Å². The van der Waals surface area contributed by atoms with Crippen LogP contribution in [0.5, 0.6) is 5.75 Å². The Bertz CT molecular complexity index is 555. The summed E-state index contributed by atoms with van der Waals surface area (Å²) in [6, 6.07) is 4.21. The molecule has 1 heterocycles. The van der Waals surface area contributed by atoms with E-state index in [0.29, 0.717) is 0 Å². The molecule has 1 atom stereocenters. The first-order valence-electron chi connectivity index (χ1n) is 6.93. The number of hydrogen-bond acceptors (Lipinski definition) is 4. The smallest absolute Gasteiger partial charge is 0.422 e. The van der Waals surface area contributed by atoms with Gasteiger partial charge in [-0.1, -0.05) is 11.6 Å². The average Bonchev–Trinajstić information content (AvgIpc) is 2.47. The fourth-order valence-electron chi connectivity index (χ4n) is 2.05. The first-order chi connectivity index (χ1) is 10.8. The third-order valence-electron chi connectivity index (χ3n) is 3.04. The summed E-state index contributed by atoms with van der Waals surface area (Å²) in [5.41, 5.74) is 0.173. The topological polar surface area (TPSA) is 50.4 Å². The van der Waals surface area contributed by atoms with Crippen LogP contribution in [-0.4, -0.2) is 42.8 Å². The number of thioether (sulfide) groups is 1. The minimum absolute atomic E-state index is 0. The Morgan fingerprint density at radius 3 is 2.83 bits per heavy atom. The van der Waals surface area contributed by atoms with Crippen LogP contribution in [0.1, 0.15) is 6.42 Å².